The van der Waals surface area contributed by atoms with Gasteiger partial charge in [-0.15, -0.1) is 0 Å². The Morgan fingerprint density at radius 2 is 0.750 bits per heavy atom. The van der Waals surface area contributed by atoms with E-state index in [2.05, 4.69) is 133 Å². The molecule has 1 heterocycles. The number of benzene rings is 6. The van der Waals surface area contributed by atoms with Gasteiger partial charge in [0.1, 0.15) is 0 Å². The largest absolute Gasteiger partial charge is 0.228 e. The van der Waals surface area contributed by atoms with Gasteiger partial charge in [-0.3, -0.25) is 0 Å². The SMILES string of the molecule is c1ccc(-c2cc(-c3ccccc3)cc(-c3nc(-c4ccccc4)c4ccc(-c5ccccc5)cc4n3)c2)cc1. The third kappa shape index (κ3) is 4.68. The molecule has 0 atom stereocenters. The van der Waals surface area contributed by atoms with Crippen molar-refractivity contribution in [1.82, 2.24) is 9.97 Å². The van der Waals surface area contributed by atoms with Crippen molar-refractivity contribution in [3.8, 4) is 56.0 Å². The summed E-state index contributed by atoms with van der Waals surface area (Å²) in [7, 11) is 0. The molecule has 0 radical (unpaired) electrons. The van der Waals surface area contributed by atoms with Crippen molar-refractivity contribution in [2.24, 2.45) is 0 Å². The molecule has 188 valence electrons. The zero-order chi connectivity index (χ0) is 26.7. The van der Waals surface area contributed by atoms with E-state index in [-0.39, 0.29) is 0 Å². The van der Waals surface area contributed by atoms with E-state index in [1.54, 1.807) is 0 Å². The van der Waals surface area contributed by atoms with Gasteiger partial charge in [-0.25, -0.2) is 9.97 Å². The summed E-state index contributed by atoms with van der Waals surface area (Å²) < 4.78 is 0. The Labute approximate surface area is 234 Å². The van der Waals surface area contributed by atoms with Gasteiger partial charge < -0.3 is 0 Å². The van der Waals surface area contributed by atoms with Gasteiger partial charge in [0.15, 0.2) is 5.82 Å². The van der Waals surface area contributed by atoms with E-state index < -0.39 is 0 Å². The van der Waals surface area contributed by atoms with Crippen molar-refractivity contribution < 1.29 is 0 Å². The summed E-state index contributed by atoms with van der Waals surface area (Å²) in [4.78, 5) is 10.4. The highest BCUT2D eigenvalue weighted by Crippen LogP contribution is 2.35. The molecule has 6 aromatic carbocycles. The Balaban J connectivity index is 1.48. The summed E-state index contributed by atoms with van der Waals surface area (Å²) in [5.74, 6) is 0.714. The fourth-order valence-corrected chi connectivity index (χ4v) is 5.24. The van der Waals surface area contributed by atoms with Crippen LogP contribution in [-0.2, 0) is 0 Å². The number of fused-ring (bicyclic) bond motifs is 1. The van der Waals surface area contributed by atoms with E-state index in [1.165, 1.54) is 5.56 Å². The average molecular weight is 511 g/mol. The lowest BCUT2D eigenvalue weighted by atomic mass is 9.95. The molecule has 0 saturated heterocycles. The van der Waals surface area contributed by atoms with E-state index in [4.69, 9.17) is 9.97 Å². The van der Waals surface area contributed by atoms with E-state index in [0.717, 1.165) is 55.5 Å². The lowest BCUT2D eigenvalue weighted by molar-refractivity contribution is 1.23. The van der Waals surface area contributed by atoms with Gasteiger partial charge in [-0.1, -0.05) is 127 Å². The van der Waals surface area contributed by atoms with Gasteiger partial charge in [0, 0.05) is 16.5 Å². The predicted octanol–water partition coefficient (Wildman–Crippen LogP) is 9.96. The molecule has 1 aromatic heterocycles. The third-order valence-corrected chi connectivity index (χ3v) is 7.26. The summed E-state index contributed by atoms with van der Waals surface area (Å²) in [6, 6.07) is 55.0. The number of aromatic nitrogens is 2. The smallest absolute Gasteiger partial charge is 0.160 e. The standard InChI is InChI=1S/C38H26N2/c1-5-13-27(14-6-1)31-21-22-35-36(26-31)39-38(40-37(35)30-19-11-4-12-20-30)34-24-32(28-15-7-2-8-16-28)23-33(25-34)29-17-9-3-10-18-29/h1-26H. The Morgan fingerprint density at radius 3 is 1.27 bits per heavy atom. The number of hydrogen-bond donors (Lipinski definition) is 0. The molecule has 7 rings (SSSR count). The molecule has 0 aliphatic carbocycles. The first-order chi connectivity index (χ1) is 19.8. The van der Waals surface area contributed by atoms with E-state index in [1.807, 2.05) is 24.3 Å². The fraction of sp³-hybridized carbons (Fsp3) is 0. The van der Waals surface area contributed by atoms with Crippen LogP contribution in [0.5, 0.6) is 0 Å². The zero-order valence-corrected chi connectivity index (χ0v) is 21.9. The van der Waals surface area contributed by atoms with Crippen LogP contribution < -0.4 is 0 Å². The number of nitrogens with zero attached hydrogens (tertiary/aromatic N) is 2. The third-order valence-electron chi connectivity index (χ3n) is 7.26. The molecule has 0 spiro atoms. The molecule has 2 nitrogen and oxygen atoms in total. The maximum absolute atomic E-state index is 5.20. The van der Waals surface area contributed by atoms with Gasteiger partial charge in [0.05, 0.1) is 11.2 Å². The minimum atomic E-state index is 0.714. The lowest BCUT2D eigenvalue weighted by Crippen LogP contribution is -1.96. The van der Waals surface area contributed by atoms with E-state index in [9.17, 15) is 0 Å². The van der Waals surface area contributed by atoms with Gasteiger partial charge >= 0.3 is 0 Å². The Hall–Kier alpha value is -5.34. The highest BCUT2D eigenvalue weighted by atomic mass is 14.9. The second-order valence-corrected chi connectivity index (χ2v) is 9.89. The van der Waals surface area contributed by atoms with Crippen molar-refractivity contribution in [2.75, 3.05) is 0 Å². The second kappa shape index (κ2) is 10.4. The molecule has 0 unspecified atom stereocenters. The van der Waals surface area contributed by atoms with Crippen LogP contribution in [0.15, 0.2) is 158 Å². The van der Waals surface area contributed by atoms with Crippen LogP contribution in [0.3, 0.4) is 0 Å². The Morgan fingerprint density at radius 1 is 0.300 bits per heavy atom. The molecule has 0 N–H and O–H groups in total. The minimum Gasteiger partial charge on any atom is -0.228 e. The fourth-order valence-electron chi connectivity index (χ4n) is 5.24. The van der Waals surface area contributed by atoms with Crippen LogP contribution >= 0.6 is 0 Å². The first-order valence-electron chi connectivity index (χ1n) is 13.5. The molecule has 0 amide bonds. The summed E-state index contributed by atoms with van der Waals surface area (Å²) in [5, 5.41) is 1.04. The van der Waals surface area contributed by atoms with Crippen molar-refractivity contribution in [2.45, 2.75) is 0 Å². The minimum absolute atomic E-state index is 0.714. The van der Waals surface area contributed by atoms with Gasteiger partial charge in [-0.2, -0.15) is 0 Å². The first-order valence-corrected chi connectivity index (χ1v) is 13.5. The van der Waals surface area contributed by atoms with Crippen LogP contribution in [-0.4, -0.2) is 9.97 Å². The molecular weight excluding hydrogens is 484 g/mol. The van der Waals surface area contributed by atoms with Crippen LogP contribution in [0.25, 0.3) is 66.9 Å². The first kappa shape index (κ1) is 23.8. The van der Waals surface area contributed by atoms with E-state index >= 15 is 0 Å². The highest BCUT2D eigenvalue weighted by Gasteiger charge is 2.15. The quantitative estimate of drug-likeness (QED) is 0.230. The van der Waals surface area contributed by atoms with Gasteiger partial charge in [0.25, 0.3) is 0 Å². The molecule has 40 heavy (non-hydrogen) atoms. The number of hydrogen-bond acceptors (Lipinski definition) is 2. The molecule has 0 fully saturated rings. The summed E-state index contributed by atoms with van der Waals surface area (Å²) in [6.07, 6.45) is 0. The Kier molecular flexibility index (Phi) is 6.20. The molecule has 0 aliphatic heterocycles. The number of rotatable bonds is 5. The van der Waals surface area contributed by atoms with Gasteiger partial charge in [-0.05, 0) is 63.7 Å². The summed E-state index contributed by atoms with van der Waals surface area (Å²) in [5.41, 5.74) is 10.8. The Bertz CT molecular complexity index is 1860. The maximum atomic E-state index is 5.20. The van der Waals surface area contributed by atoms with Crippen molar-refractivity contribution in [3.05, 3.63) is 158 Å². The van der Waals surface area contributed by atoms with E-state index in [0.29, 0.717) is 5.82 Å². The summed E-state index contributed by atoms with van der Waals surface area (Å²) in [6.45, 7) is 0. The average Bonchev–Trinajstić information content (AvgIpc) is 3.05. The van der Waals surface area contributed by atoms with Crippen LogP contribution in [0.2, 0.25) is 0 Å². The molecule has 0 aliphatic rings. The summed E-state index contributed by atoms with van der Waals surface area (Å²) >= 11 is 0. The predicted molar refractivity (Wildman–Crippen MR) is 167 cm³/mol. The molecule has 7 aromatic rings. The topological polar surface area (TPSA) is 25.8 Å². The molecule has 0 bridgehead atoms. The molecule has 0 saturated carbocycles. The normalized spacial score (nSPS) is 11.0. The van der Waals surface area contributed by atoms with Crippen molar-refractivity contribution >= 4 is 10.9 Å². The molecular formula is C38H26N2. The van der Waals surface area contributed by atoms with Gasteiger partial charge in [0.2, 0.25) is 0 Å². The molecule has 2 heteroatoms. The lowest BCUT2D eigenvalue weighted by Gasteiger charge is -2.13. The van der Waals surface area contributed by atoms with Crippen LogP contribution in [0.1, 0.15) is 0 Å². The maximum Gasteiger partial charge on any atom is 0.160 e. The highest BCUT2D eigenvalue weighted by molar-refractivity contribution is 5.96. The monoisotopic (exact) mass is 510 g/mol. The second-order valence-electron chi connectivity index (χ2n) is 9.89. The van der Waals surface area contributed by atoms with Crippen molar-refractivity contribution in [1.29, 1.82) is 0 Å². The van der Waals surface area contributed by atoms with Crippen LogP contribution in [0, 0.1) is 0 Å². The zero-order valence-electron chi connectivity index (χ0n) is 21.9. The van der Waals surface area contributed by atoms with Crippen molar-refractivity contribution in [3.63, 3.8) is 0 Å². The van der Waals surface area contributed by atoms with Crippen LogP contribution in [0.4, 0.5) is 0 Å².